The molecule has 0 aromatic carbocycles. The molecule has 0 aliphatic carbocycles. The van der Waals surface area contributed by atoms with Gasteiger partial charge in [0.05, 0.1) is 4.70 Å². The molecule has 2 N–H and O–H groups in total. The number of carboxylic acids is 1. The summed E-state index contributed by atoms with van der Waals surface area (Å²) in [4.78, 5) is 10.6. The minimum absolute atomic E-state index is 0.0249. The van der Waals surface area contributed by atoms with Crippen molar-refractivity contribution in [2.75, 3.05) is 0 Å². The van der Waals surface area contributed by atoms with E-state index in [2.05, 4.69) is 0 Å². The van der Waals surface area contributed by atoms with Gasteiger partial charge in [0.15, 0.2) is 10.6 Å². The Bertz CT molecular complexity index is 440. The van der Waals surface area contributed by atoms with Crippen molar-refractivity contribution in [2.24, 2.45) is 0 Å². The summed E-state index contributed by atoms with van der Waals surface area (Å²) in [5, 5.41) is 19.9. The van der Waals surface area contributed by atoms with E-state index in [-0.39, 0.29) is 10.6 Å². The van der Waals surface area contributed by atoms with Crippen LogP contribution in [0.15, 0.2) is 11.4 Å². The summed E-state index contributed by atoms with van der Waals surface area (Å²) in [5.74, 6) is -1.17. The van der Waals surface area contributed by atoms with E-state index in [0.717, 1.165) is 16.0 Å². The van der Waals surface area contributed by atoms with Gasteiger partial charge in [-0.2, -0.15) is 0 Å². The molecule has 12 heavy (non-hydrogen) atoms. The predicted molar refractivity (Wildman–Crippen MR) is 48.3 cm³/mol. The van der Waals surface area contributed by atoms with Gasteiger partial charge in [0.1, 0.15) is 0 Å². The zero-order valence-electron chi connectivity index (χ0n) is 5.77. The smallest absolute Gasteiger partial charge is 0.349 e. The number of thiophene rings is 2. The molecular formula is C7H4O3S2. The maximum Gasteiger partial charge on any atom is 0.349 e. The summed E-state index contributed by atoms with van der Waals surface area (Å²) < 4.78 is 1.49. The molecule has 0 fully saturated rings. The standard InChI is InChI=1S/C7H4O3S2/c8-4-5-3(1-2-11-5)12-6(4)7(9)10/h1-2,8H,(H,9,10). The van der Waals surface area contributed by atoms with Crippen molar-refractivity contribution in [1.29, 1.82) is 0 Å². The molecule has 0 amide bonds. The number of aromatic carboxylic acids is 1. The summed E-state index contributed by atoms with van der Waals surface area (Å²) in [7, 11) is 0. The number of carboxylic acid groups (broad SMARTS) is 1. The first kappa shape index (κ1) is 7.57. The van der Waals surface area contributed by atoms with Crippen LogP contribution in [0.25, 0.3) is 9.40 Å². The fourth-order valence-corrected chi connectivity index (χ4v) is 2.95. The van der Waals surface area contributed by atoms with Gasteiger partial charge in [-0.05, 0) is 11.4 Å². The van der Waals surface area contributed by atoms with Crippen LogP contribution in [0.4, 0.5) is 0 Å². The Labute approximate surface area is 75.5 Å². The predicted octanol–water partition coefficient (Wildman–Crippen LogP) is 2.37. The second kappa shape index (κ2) is 2.46. The number of fused-ring (bicyclic) bond motifs is 1. The van der Waals surface area contributed by atoms with Crippen molar-refractivity contribution in [1.82, 2.24) is 0 Å². The molecule has 2 aromatic heterocycles. The third-order valence-corrected chi connectivity index (χ3v) is 3.65. The van der Waals surface area contributed by atoms with Crippen LogP contribution < -0.4 is 0 Å². The van der Waals surface area contributed by atoms with Crippen LogP contribution in [-0.2, 0) is 0 Å². The fraction of sp³-hybridized carbons (Fsp3) is 0. The molecule has 0 spiro atoms. The van der Waals surface area contributed by atoms with E-state index in [4.69, 9.17) is 5.11 Å². The first-order valence-corrected chi connectivity index (χ1v) is 4.82. The summed E-state index contributed by atoms with van der Waals surface area (Å²) in [5.41, 5.74) is 0. The topological polar surface area (TPSA) is 57.5 Å². The number of hydrogen-bond acceptors (Lipinski definition) is 4. The molecule has 5 heteroatoms. The van der Waals surface area contributed by atoms with Gasteiger partial charge in [0.2, 0.25) is 0 Å². The molecule has 62 valence electrons. The van der Waals surface area contributed by atoms with Crippen LogP contribution in [0.2, 0.25) is 0 Å². The number of hydrogen-bond donors (Lipinski definition) is 2. The summed E-state index contributed by atoms with van der Waals surface area (Å²) in [6, 6.07) is 1.80. The molecule has 3 nitrogen and oxygen atoms in total. The van der Waals surface area contributed by atoms with Gasteiger partial charge < -0.3 is 10.2 Å². The van der Waals surface area contributed by atoms with E-state index in [1.165, 1.54) is 11.3 Å². The second-order valence-electron chi connectivity index (χ2n) is 2.20. The fourth-order valence-electron chi connectivity index (χ4n) is 0.957. The Morgan fingerprint density at radius 2 is 2.25 bits per heavy atom. The van der Waals surface area contributed by atoms with Crippen LogP contribution >= 0.6 is 22.7 Å². The lowest BCUT2D eigenvalue weighted by Crippen LogP contribution is -1.90. The molecule has 0 saturated heterocycles. The molecular weight excluding hydrogens is 196 g/mol. The highest BCUT2D eigenvalue weighted by atomic mass is 32.1. The summed E-state index contributed by atoms with van der Waals surface area (Å²) in [6.45, 7) is 0. The quantitative estimate of drug-likeness (QED) is 0.743. The molecule has 2 aromatic rings. The normalized spacial score (nSPS) is 10.7. The maximum absolute atomic E-state index is 10.5. The van der Waals surface area contributed by atoms with Crippen LogP contribution in [0, 0.1) is 0 Å². The number of rotatable bonds is 1. The monoisotopic (exact) mass is 200 g/mol. The first-order valence-electron chi connectivity index (χ1n) is 3.12. The van der Waals surface area contributed by atoms with Gasteiger partial charge in [-0.15, -0.1) is 22.7 Å². The van der Waals surface area contributed by atoms with Gasteiger partial charge in [0.25, 0.3) is 0 Å². The number of aromatic hydroxyl groups is 1. The second-order valence-corrected chi connectivity index (χ2v) is 4.17. The lowest BCUT2D eigenvalue weighted by Gasteiger charge is -1.87. The lowest BCUT2D eigenvalue weighted by atomic mass is 10.4. The molecule has 2 heterocycles. The van der Waals surface area contributed by atoms with Gasteiger partial charge in [-0.25, -0.2) is 4.79 Å². The van der Waals surface area contributed by atoms with Crippen LogP contribution in [0.5, 0.6) is 5.75 Å². The van der Waals surface area contributed by atoms with Crippen molar-refractivity contribution in [3.8, 4) is 5.75 Å². The van der Waals surface area contributed by atoms with E-state index in [1.54, 1.807) is 6.07 Å². The maximum atomic E-state index is 10.5. The van der Waals surface area contributed by atoms with Crippen LogP contribution in [0.1, 0.15) is 9.67 Å². The van der Waals surface area contributed by atoms with Crippen LogP contribution in [-0.4, -0.2) is 16.2 Å². The molecule has 0 atom stereocenters. The molecule has 0 aliphatic rings. The van der Waals surface area contributed by atoms with Crippen molar-refractivity contribution < 1.29 is 15.0 Å². The lowest BCUT2D eigenvalue weighted by molar-refractivity contribution is 0.0699. The van der Waals surface area contributed by atoms with Crippen LogP contribution in [0.3, 0.4) is 0 Å². The van der Waals surface area contributed by atoms with Gasteiger partial charge in [-0.1, -0.05) is 0 Å². The summed E-state index contributed by atoms with van der Waals surface area (Å²) >= 11 is 2.45. The Morgan fingerprint density at radius 3 is 2.83 bits per heavy atom. The minimum atomic E-state index is -1.07. The Kier molecular flexibility index (Phi) is 1.55. The van der Waals surface area contributed by atoms with E-state index in [9.17, 15) is 9.90 Å². The molecule has 2 rings (SSSR count). The minimum Gasteiger partial charge on any atom is -0.505 e. The zero-order chi connectivity index (χ0) is 8.72. The Hall–Kier alpha value is -1.07. The SMILES string of the molecule is O=C(O)c1sc2ccsc2c1O. The Morgan fingerprint density at radius 1 is 1.50 bits per heavy atom. The molecule has 0 aliphatic heterocycles. The third-order valence-electron chi connectivity index (χ3n) is 1.47. The molecule has 0 saturated carbocycles. The highest BCUT2D eigenvalue weighted by Gasteiger charge is 2.17. The van der Waals surface area contributed by atoms with Crippen molar-refractivity contribution in [2.45, 2.75) is 0 Å². The van der Waals surface area contributed by atoms with Crippen molar-refractivity contribution in [3.63, 3.8) is 0 Å². The van der Waals surface area contributed by atoms with Gasteiger partial charge in [-0.3, -0.25) is 0 Å². The van der Waals surface area contributed by atoms with Crippen molar-refractivity contribution in [3.05, 3.63) is 16.3 Å². The zero-order valence-corrected chi connectivity index (χ0v) is 7.41. The van der Waals surface area contributed by atoms with E-state index in [0.29, 0.717) is 4.70 Å². The molecule has 0 bridgehead atoms. The largest absolute Gasteiger partial charge is 0.505 e. The average molecular weight is 200 g/mol. The van der Waals surface area contributed by atoms with E-state index in [1.807, 2.05) is 5.38 Å². The van der Waals surface area contributed by atoms with E-state index < -0.39 is 5.97 Å². The number of carbonyl (C=O) groups is 1. The highest BCUT2D eigenvalue weighted by Crippen LogP contribution is 2.39. The molecule has 0 radical (unpaired) electrons. The average Bonchev–Trinajstić information content (AvgIpc) is 2.53. The van der Waals surface area contributed by atoms with Gasteiger partial charge >= 0.3 is 5.97 Å². The van der Waals surface area contributed by atoms with Crippen molar-refractivity contribution >= 4 is 38.0 Å². The summed E-state index contributed by atoms with van der Waals surface area (Å²) in [6.07, 6.45) is 0. The van der Waals surface area contributed by atoms with Gasteiger partial charge in [0, 0.05) is 4.70 Å². The van der Waals surface area contributed by atoms with E-state index >= 15 is 0 Å². The first-order chi connectivity index (χ1) is 5.70. The highest BCUT2D eigenvalue weighted by molar-refractivity contribution is 7.28. The third kappa shape index (κ3) is 0.904. The Balaban J connectivity index is 2.78. The molecule has 0 unspecified atom stereocenters.